The minimum absolute atomic E-state index is 0. The molecule has 124 valence electrons. The molecular formula is C16H21IN4O2. The van der Waals surface area contributed by atoms with Crippen LogP contribution >= 0.6 is 0 Å². The van der Waals surface area contributed by atoms with Crippen LogP contribution in [0.2, 0.25) is 0 Å². The van der Waals surface area contributed by atoms with Crippen LogP contribution < -0.4 is 35.6 Å². The summed E-state index contributed by atoms with van der Waals surface area (Å²) in [5.74, 6) is 6.25. The van der Waals surface area contributed by atoms with Crippen molar-refractivity contribution in [2.45, 2.75) is 26.8 Å². The number of guanidine groups is 1. The number of hydrogen-bond donors (Lipinski definition) is 2. The molecule has 4 N–H and O–H groups in total. The molecule has 1 aromatic carbocycles. The monoisotopic (exact) mass is 428 g/mol. The highest BCUT2D eigenvalue weighted by Crippen LogP contribution is 2.24. The highest BCUT2D eigenvalue weighted by Gasteiger charge is 2.28. The van der Waals surface area contributed by atoms with Gasteiger partial charge in [0.15, 0.2) is 11.6 Å². The number of benzene rings is 1. The van der Waals surface area contributed by atoms with Gasteiger partial charge in [-0.2, -0.15) is 10.9 Å². The van der Waals surface area contributed by atoms with Gasteiger partial charge in [-0.25, -0.2) is 0 Å². The van der Waals surface area contributed by atoms with Crippen LogP contribution in [-0.4, -0.2) is 40.2 Å². The average Bonchev–Trinajstić information content (AvgIpc) is 2.48. The van der Waals surface area contributed by atoms with Gasteiger partial charge in [-0.1, -0.05) is 0 Å². The number of hydrazine groups is 1. The zero-order valence-corrected chi connectivity index (χ0v) is 15.8. The van der Waals surface area contributed by atoms with E-state index in [9.17, 15) is 9.59 Å². The number of nitrogens with zero attached hydrogens (tertiary/aromatic N) is 2. The molecule has 1 aliphatic heterocycles. The lowest BCUT2D eigenvalue weighted by molar-refractivity contribution is -0.528. The summed E-state index contributed by atoms with van der Waals surface area (Å²) < 4.78 is 1.84. The summed E-state index contributed by atoms with van der Waals surface area (Å²) in [6.45, 7) is 4.92. The first-order valence-electron chi connectivity index (χ1n) is 7.01. The van der Waals surface area contributed by atoms with Gasteiger partial charge in [-0.3, -0.25) is 19.9 Å². The number of nitrogens with two attached hydrogens (primary N) is 2. The smallest absolute Gasteiger partial charge is 0.368 e. The largest absolute Gasteiger partial charge is 1.00 e. The first-order valence-corrected chi connectivity index (χ1v) is 7.01. The SMILES string of the molecule is CC(=O)c1cc(C(C)=O)cc(C2=CC(C)[N+](C)=C(N)N2N)c1.[I-]. The van der Waals surface area contributed by atoms with E-state index in [-0.39, 0.29) is 41.6 Å². The third-order valence-corrected chi connectivity index (χ3v) is 3.92. The van der Waals surface area contributed by atoms with Crippen molar-refractivity contribution in [2.75, 3.05) is 7.05 Å². The summed E-state index contributed by atoms with van der Waals surface area (Å²) in [6, 6.07) is 5.11. The second-order valence-electron chi connectivity index (χ2n) is 5.54. The Balaban J connectivity index is 0.00000264. The van der Waals surface area contributed by atoms with E-state index in [0.29, 0.717) is 28.3 Å². The zero-order valence-electron chi connectivity index (χ0n) is 13.6. The first-order chi connectivity index (χ1) is 10.2. The summed E-state index contributed by atoms with van der Waals surface area (Å²) in [6.07, 6.45) is 1.94. The Labute approximate surface area is 152 Å². The standard InChI is InChI=1S/C16H20N4O2.HI/c1-9-5-15(20(18)16(17)19(9)4)14-7-12(10(2)21)6-13(8-14)11(3)22;/h5-9,17H,18H2,1-4H3;1H. The number of likely N-dealkylation sites (N-methyl/N-ethyl adjacent to an activating group) is 1. The first kappa shape index (κ1) is 19.3. The van der Waals surface area contributed by atoms with Crippen molar-refractivity contribution in [1.82, 2.24) is 5.01 Å². The molecule has 1 aromatic rings. The molecule has 0 fully saturated rings. The number of ketones is 2. The third kappa shape index (κ3) is 3.78. The van der Waals surface area contributed by atoms with E-state index in [2.05, 4.69) is 0 Å². The summed E-state index contributed by atoms with van der Waals surface area (Å²) in [5, 5.41) is 1.36. The van der Waals surface area contributed by atoms with Crippen LogP contribution in [0.4, 0.5) is 0 Å². The van der Waals surface area contributed by atoms with Crippen molar-refractivity contribution in [2.24, 2.45) is 11.6 Å². The Hall–Kier alpha value is -1.74. The van der Waals surface area contributed by atoms with Crippen LogP contribution in [0.25, 0.3) is 5.70 Å². The molecule has 0 saturated carbocycles. The number of carbonyl (C=O) groups excluding carboxylic acids is 2. The molecule has 0 radical (unpaired) electrons. The molecule has 0 saturated heterocycles. The summed E-state index contributed by atoms with van der Waals surface area (Å²) in [7, 11) is 1.85. The molecule has 0 amide bonds. The highest BCUT2D eigenvalue weighted by atomic mass is 127. The number of rotatable bonds is 3. The normalized spacial score (nSPS) is 17.5. The molecule has 1 aliphatic rings. The zero-order chi connectivity index (χ0) is 16.6. The lowest BCUT2D eigenvalue weighted by Gasteiger charge is -2.25. The Morgan fingerprint density at radius 2 is 1.61 bits per heavy atom. The number of halogens is 1. The predicted octanol–water partition coefficient (Wildman–Crippen LogP) is -2.03. The van der Waals surface area contributed by atoms with Gasteiger partial charge in [0.2, 0.25) is 0 Å². The molecule has 2 rings (SSSR count). The average molecular weight is 428 g/mol. The molecule has 6 nitrogen and oxygen atoms in total. The number of hydrogen-bond acceptors (Lipinski definition) is 5. The van der Waals surface area contributed by atoms with Crippen molar-refractivity contribution in [3.63, 3.8) is 0 Å². The van der Waals surface area contributed by atoms with Gasteiger partial charge in [0.05, 0.1) is 13.1 Å². The molecule has 7 heteroatoms. The minimum atomic E-state index is -0.105. The lowest BCUT2D eigenvalue weighted by atomic mass is 9.98. The number of carbonyl (C=O) groups is 2. The highest BCUT2D eigenvalue weighted by molar-refractivity contribution is 6.01. The Kier molecular flexibility index (Phi) is 6.06. The fourth-order valence-corrected chi connectivity index (χ4v) is 2.34. The van der Waals surface area contributed by atoms with E-state index >= 15 is 0 Å². The topological polar surface area (TPSA) is 92.4 Å². The van der Waals surface area contributed by atoms with Gasteiger partial charge < -0.3 is 24.0 Å². The third-order valence-electron chi connectivity index (χ3n) is 3.92. The van der Waals surface area contributed by atoms with E-state index < -0.39 is 0 Å². The molecule has 0 spiro atoms. The maximum absolute atomic E-state index is 11.7. The van der Waals surface area contributed by atoms with Crippen molar-refractivity contribution in [3.05, 3.63) is 41.0 Å². The van der Waals surface area contributed by atoms with Gasteiger partial charge in [-0.15, -0.1) is 0 Å². The fraction of sp³-hybridized carbons (Fsp3) is 0.312. The van der Waals surface area contributed by atoms with Gasteiger partial charge in [0.1, 0.15) is 5.70 Å². The minimum Gasteiger partial charge on any atom is -1.00 e. The molecule has 0 aliphatic carbocycles. The van der Waals surface area contributed by atoms with E-state index in [0.717, 1.165) is 0 Å². The Bertz CT molecular complexity index is 693. The van der Waals surface area contributed by atoms with Crippen LogP contribution in [-0.2, 0) is 0 Å². The van der Waals surface area contributed by atoms with E-state index in [1.807, 2.05) is 24.6 Å². The van der Waals surface area contributed by atoms with Crippen molar-refractivity contribution in [3.8, 4) is 0 Å². The summed E-state index contributed by atoms with van der Waals surface area (Å²) >= 11 is 0. The fourth-order valence-electron chi connectivity index (χ4n) is 2.34. The van der Waals surface area contributed by atoms with Gasteiger partial charge in [-0.05, 0) is 45.0 Å². The van der Waals surface area contributed by atoms with E-state index in [1.165, 1.54) is 18.9 Å². The van der Waals surface area contributed by atoms with Crippen molar-refractivity contribution >= 4 is 23.2 Å². The summed E-state index contributed by atoms with van der Waals surface area (Å²) in [4.78, 5) is 23.4. The molecule has 0 aromatic heterocycles. The van der Waals surface area contributed by atoms with Crippen LogP contribution in [0.15, 0.2) is 24.3 Å². The Morgan fingerprint density at radius 3 is 2.04 bits per heavy atom. The summed E-state index contributed by atoms with van der Waals surface area (Å²) in [5.41, 5.74) is 8.33. The van der Waals surface area contributed by atoms with E-state index in [1.54, 1.807) is 18.2 Å². The second kappa shape index (κ2) is 7.22. The van der Waals surface area contributed by atoms with Gasteiger partial charge in [0, 0.05) is 16.7 Å². The van der Waals surface area contributed by atoms with Crippen LogP contribution in [0.1, 0.15) is 47.1 Å². The van der Waals surface area contributed by atoms with Crippen molar-refractivity contribution < 1.29 is 38.1 Å². The quantitative estimate of drug-likeness (QED) is 0.251. The van der Waals surface area contributed by atoms with Gasteiger partial charge in [0.25, 0.3) is 0 Å². The van der Waals surface area contributed by atoms with Crippen LogP contribution in [0.3, 0.4) is 0 Å². The van der Waals surface area contributed by atoms with Gasteiger partial charge >= 0.3 is 5.96 Å². The molecule has 1 atom stereocenters. The predicted molar refractivity (Wildman–Crippen MR) is 85.3 cm³/mol. The Morgan fingerprint density at radius 1 is 1.13 bits per heavy atom. The molecule has 23 heavy (non-hydrogen) atoms. The maximum Gasteiger partial charge on any atom is 0.368 e. The molecule has 0 bridgehead atoms. The molecule has 1 heterocycles. The van der Waals surface area contributed by atoms with E-state index in [4.69, 9.17) is 11.6 Å². The van der Waals surface area contributed by atoms with Crippen LogP contribution in [0.5, 0.6) is 0 Å². The second-order valence-corrected chi connectivity index (χ2v) is 5.54. The molecular weight excluding hydrogens is 407 g/mol. The van der Waals surface area contributed by atoms with Crippen molar-refractivity contribution in [1.29, 1.82) is 0 Å². The lowest BCUT2D eigenvalue weighted by Crippen LogP contribution is -3.00. The number of Topliss-reactive ketones (excluding diaryl/α,β-unsaturated/α-hetero) is 2. The maximum atomic E-state index is 11.7. The molecule has 1 unspecified atom stereocenters. The van der Waals surface area contributed by atoms with Crippen LogP contribution in [0, 0.1) is 0 Å².